The fourth-order valence-electron chi connectivity index (χ4n) is 4.25. The van der Waals surface area contributed by atoms with Gasteiger partial charge in [-0.2, -0.15) is 32.2 Å². The van der Waals surface area contributed by atoms with E-state index in [0.717, 1.165) is 24.3 Å². The Morgan fingerprint density at radius 1 is 0.549 bits per heavy atom. The molecular weight excluding hydrogens is 720 g/mol. The molecular formula is C28H18N8O13S2. The fourth-order valence-corrected chi connectivity index (χ4v) is 5.45. The zero-order chi connectivity index (χ0) is 37.2. The second-order valence-corrected chi connectivity index (χ2v) is 12.9. The summed E-state index contributed by atoms with van der Waals surface area (Å²) >= 11 is 0. The molecule has 5 aromatic rings. The van der Waals surface area contributed by atoms with Crippen molar-refractivity contribution in [3.63, 3.8) is 0 Å². The van der Waals surface area contributed by atoms with Gasteiger partial charge < -0.3 is 15.3 Å². The summed E-state index contributed by atoms with van der Waals surface area (Å²) in [6.07, 6.45) is 0. The van der Waals surface area contributed by atoms with Crippen molar-refractivity contribution >= 4 is 76.5 Å². The minimum atomic E-state index is -5.09. The maximum atomic E-state index is 12.2. The fraction of sp³-hybridized carbons (Fsp3) is 0. The maximum absolute atomic E-state index is 12.2. The van der Waals surface area contributed by atoms with Gasteiger partial charge in [-0.1, -0.05) is 6.07 Å². The van der Waals surface area contributed by atoms with Gasteiger partial charge in [0.25, 0.3) is 31.6 Å². The third-order valence-corrected chi connectivity index (χ3v) is 8.34. The SMILES string of the molecule is O=[N+]([O-])c1ccc(N=Nc2cc(N=Nc3ccc4cc(S(=O)(=O)O)c(N=Nc5cc([N+](=O)[O-])cc(S(=O)(=O)O)c5)c(O)c4c3)c(O)cc2O)cc1. The van der Waals surface area contributed by atoms with E-state index in [1.54, 1.807) is 0 Å². The lowest BCUT2D eigenvalue weighted by Crippen LogP contribution is -1.99. The molecule has 0 atom stereocenters. The summed E-state index contributed by atoms with van der Waals surface area (Å²) < 4.78 is 66.8. The van der Waals surface area contributed by atoms with E-state index >= 15 is 0 Å². The topological polar surface area (TPSA) is 330 Å². The molecule has 260 valence electrons. The van der Waals surface area contributed by atoms with Gasteiger partial charge in [-0.05, 0) is 41.8 Å². The van der Waals surface area contributed by atoms with Crippen molar-refractivity contribution in [1.82, 2.24) is 0 Å². The minimum absolute atomic E-state index is 0.00157. The van der Waals surface area contributed by atoms with Gasteiger partial charge in [0.2, 0.25) is 0 Å². The van der Waals surface area contributed by atoms with Crippen LogP contribution in [0.2, 0.25) is 0 Å². The Hall–Kier alpha value is -6.82. The molecule has 0 radical (unpaired) electrons. The van der Waals surface area contributed by atoms with Crippen LogP contribution in [0.4, 0.5) is 45.5 Å². The van der Waals surface area contributed by atoms with E-state index in [1.807, 2.05) is 0 Å². The van der Waals surface area contributed by atoms with Crippen molar-refractivity contribution in [1.29, 1.82) is 0 Å². The highest BCUT2D eigenvalue weighted by atomic mass is 32.2. The lowest BCUT2D eigenvalue weighted by Gasteiger charge is -2.09. The van der Waals surface area contributed by atoms with Gasteiger partial charge in [0.05, 0.1) is 26.9 Å². The molecule has 0 bridgehead atoms. The van der Waals surface area contributed by atoms with Crippen molar-refractivity contribution in [2.75, 3.05) is 0 Å². The highest BCUT2D eigenvalue weighted by molar-refractivity contribution is 7.86. The first kappa shape index (κ1) is 35.5. The highest BCUT2D eigenvalue weighted by Gasteiger charge is 2.23. The Morgan fingerprint density at radius 2 is 1.12 bits per heavy atom. The van der Waals surface area contributed by atoms with Gasteiger partial charge >= 0.3 is 0 Å². The summed E-state index contributed by atoms with van der Waals surface area (Å²) in [5.74, 6) is -1.92. The number of benzene rings is 5. The summed E-state index contributed by atoms with van der Waals surface area (Å²) in [5, 5.41) is 76.4. The number of rotatable bonds is 10. The molecule has 5 N–H and O–H groups in total. The second kappa shape index (κ2) is 13.6. The van der Waals surface area contributed by atoms with Gasteiger partial charge in [-0.25, -0.2) is 0 Å². The lowest BCUT2D eigenvalue weighted by atomic mass is 10.1. The number of phenolic OH excluding ortho intramolecular Hbond substituents is 3. The number of hydrogen-bond donors (Lipinski definition) is 5. The molecule has 0 saturated heterocycles. The Morgan fingerprint density at radius 3 is 1.69 bits per heavy atom. The molecule has 51 heavy (non-hydrogen) atoms. The van der Waals surface area contributed by atoms with E-state index in [4.69, 9.17) is 0 Å². The first-order chi connectivity index (χ1) is 23.9. The molecule has 0 amide bonds. The number of azo groups is 3. The van der Waals surface area contributed by atoms with Crippen molar-refractivity contribution in [3.8, 4) is 17.2 Å². The first-order valence-corrected chi connectivity index (χ1v) is 16.4. The maximum Gasteiger partial charge on any atom is 0.296 e. The van der Waals surface area contributed by atoms with Crippen LogP contribution in [0.25, 0.3) is 10.8 Å². The number of nitro benzene ring substituents is 2. The van der Waals surface area contributed by atoms with Crippen LogP contribution in [0.15, 0.2) is 119 Å². The average Bonchev–Trinajstić information content (AvgIpc) is 3.06. The van der Waals surface area contributed by atoms with Gasteiger partial charge in [-0.15, -0.1) is 15.3 Å². The van der Waals surface area contributed by atoms with Crippen molar-refractivity contribution in [2.24, 2.45) is 30.7 Å². The molecule has 0 aliphatic heterocycles. The van der Waals surface area contributed by atoms with Gasteiger partial charge in [0, 0.05) is 41.8 Å². The average molecular weight is 739 g/mol. The molecule has 23 heteroatoms. The number of non-ortho nitro benzene ring substituents is 2. The quantitative estimate of drug-likeness (QED) is 0.0401. The van der Waals surface area contributed by atoms with E-state index in [9.17, 15) is 61.5 Å². The molecule has 0 fully saturated rings. The molecule has 0 heterocycles. The van der Waals surface area contributed by atoms with Crippen LogP contribution in [0, 0.1) is 20.2 Å². The van der Waals surface area contributed by atoms with E-state index < -0.39 is 74.2 Å². The Balaban J connectivity index is 1.52. The smallest absolute Gasteiger partial charge is 0.296 e. The minimum Gasteiger partial charge on any atom is -0.505 e. The molecule has 0 aromatic heterocycles. The molecule has 0 aliphatic carbocycles. The van der Waals surface area contributed by atoms with Crippen LogP contribution in [0.3, 0.4) is 0 Å². The first-order valence-electron chi connectivity index (χ1n) is 13.5. The van der Waals surface area contributed by atoms with E-state index in [-0.39, 0.29) is 39.2 Å². The van der Waals surface area contributed by atoms with Crippen molar-refractivity contribution in [3.05, 3.63) is 99.1 Å². The third kappa shape index (κ3) is 8.08. The standard InChI is InChI=1S/C28H18N8O13S2/c37-24-13-25(38)23(12-22(24)32-29-15-3-5-18(6-4-15)35(40)41)33-30-16-2-1-14-7-26(51(47,48)49)27(28(39)21(14)10-16)34-31-17-8-19(36(42)43)11-20(9-17)50(44,45)46/h1-13,37-39H,(H,44,45,46)(H,47,48,49). The predicted octanol–water partition coefficient (Wildman–Crippen LogP) is 7.51. The number of fused-ring (bicyclic) bond motifs is 1. The van der Waals surface area contributed by atoms with E-state index in [0.29, 0.717) is 12.1 Å². The summed E-state index contributed by atoms with van der Waals surface area (Å²) in [6.45, 7) is 0. The summed E-state index contributed by atoms with van der Waals surface area (Å²) in [6, 6.07) is 13.7. The number of nitro groups is 2. The van der Waals surface area contributed by atoms with Gasteiger partial charge in [0.15, 0.2) is 5.75 Å². The largest absolute Gasteiger partial charge is 0.505 e. The zero-order valence-corrected chi connectivity index (χ0v) is 26.5. The second-order valence-electron chi connectivity index (χ2n) is 10.1. The van der Waals surface area contributed by atoms with Gasteiger partial charge in [0.1, 0.15) is 38.4 Å². The third-order valence-electron chi connectivity index (χ3n) is 6.64. The number of phenols is 3. The molecule has 21 nitrogen and oxygen atoms in total. The number of nitrogens with zero attached hydrogens (tertiary/aromatic N) is 8. The van der Waals surface area contributed by atoms with Gasteiger partial charge in [-0.3, -0.25) is 29.3 Å². The van der Waals surface area contributed by atoms with Crippen molar-refractivity contribution in [2.45, 2.75) is 9.79 Å². The lowest BCUT2D eigenvalue weighted by molar-refractivity contribution is -0.385. The highest BCUT2D eigenvalue weighted by Crippen LogP contribution is 2.44. The van der Waals surface area contributed by atoms with E-state index in [2.05, 4.69) is 30.7 Å². The molecule has 0 saturated carbocycles. The predicted molar refractivity (Wildman–Crippen MR) is 174 cm³/mol. The Kier molecular flexibility index (Phi) is 9.46. The van der Waals surface area contributed by atoms with Crippen molar-refractivity contribution < 1.29 is 51.1 Å². The van der Waals surface area contributed by atoms with Crippen LogP contribution in [0.1, 0.15) is 0 Å². The normalized spacial score (nSPS) is 12.4. The monoisotopic (exact) mass is 738 g/mol. The zero-order valence-electron chi connectivity index (χ0n) is 24.9. The molecule has 5 rings (SSSR count). The number of hydrogen-bond acceptors (Lipinski definition) is 17. The molecule has 0 spiro atoms. The van der Waals surface area contributed by atoms with Crippen LogP contribution >= 0.6 is 0 Å². The van der Waals surface area contributed by atoms with Crippen LogP contribution in [-0.2, 0) is 20.2 Å². The van der Waals surface area contributed by atoms with E-state index in [1.165, 1.54) is 42.5 Å². The molecule has 0 aliphatic rings. The molecule has 0 unspecified atom stereocenters. The summed E-state index contributed by atoms with van der Waals surface area (Å²) in [4.78, 5) is 18.6. The Bertz CT molecular complexity index is 2580. The van der Waals surface area contributed by atoms with Crippen LogP contribution in [0.5, 0.6) is 17.2 Å². The van der Waals surface area contributed by atoms with Crippen LogP contribution < -0.4 is 0 Å². The number of aromatic hydroxyl groups is 3. The summed E-state index contributed by atoms with van der Waals surface area (Å²) in [7, 11) is -10.0. The summed E-state index contributed by atoms with van der Waals surface area (Å²) in [5.41, 5.74) is -2.61. The van der Waals surface area contributed by atoms with Crippen LogP contribution in [-0.4, -0.2) is 51.1 Å². The Labute approximate surface area is 284 Å². The molecule has 5 aromatic carbocycles.